The molecule has 0 saturated carbocycles. The zero-order valence-electron chi connectivity index (χ0n) is 22.9. The van der Waals surface area contributed by atoms with Gasteiger partial charge in [0.1, 0.15) is 5.82 Å². The molecule has 0 aromatic heterocycles. The van der Waals surface area contributed by atoms with Gasteiger partial charge >= 0.3 is 6.18 Å². The van der Waals surface area contributed by atoms with Crippen LogP contribution in [0.15, 0.2) is 89.4 Å². The van der Waals surface area contributed by atoms with Crippen molar-refractivity contribution in [1.82, 2.24) is 0 Å². The predicted octanol–water partition coefficient (Wildman–Crippen LogP) is 8.06. The van der Waals surface area contributed by atoms with E-state index in [-0.39, 0.29) is 17.2 Å². The monoisotopic (exact) mass is 573 g/mol. The Bertz CT molecular complexity index is 1580. The number of carbonyl (C=O) groups is 1. The van der Waals surface area contributed by atoms with Crippen LogP contribution in [-0.2, 0) is 22.5 Å². The first-order valence-electron chi connectivity index (χ1n) is 13.4. The van der Waals surface area contributed by atoms with Crippen LogP contribution in [0, 0.1) is 25.2 Å². The van der Waals surface area contributed by atoms with Gasteiger partial charge in [-0.3, -0.25) is 9.69 Å². The molecule has 210 valence electrons. The van der Waals surface area contributed by atoms with Crippen molar-refractivity contribution in [3.8, 4) is 6.07 Å². The van der Waals surface area contributed by atoms with Crippen molar-refractivity contribution in [2.45, 2.75) is 56.7 Å². The average Bonchev–Trinajstić information content (AvgIpc) is 2.94. The van der Waals surface area contributed by atoms with E-state index in [4.69, 9.17) is 5.73 Å². The number of alkyl halides is 3. The molecule has 1 atom stereocenters. The fraction of sp³-hybridized carbons (Fsp3) is 0.273. The summed E-state index contributed by atoms with van der Waals surface area (Å²) in [6.07, 6.45) is -3.00. The highest BCUT2D eigenvalue weighted by Crippen LogP contribution is 2.47. The van der Waals surface area contributed by atoms with Gasteiger partial charge in [-0.2, -0.15) is 30.2 Å². The molecule has 2 N–H and O–H groups in total. The first-order chi connectivity index (χ1) is 19.6. The van der Waals surface area contributed by atoms with E-state index in [0.29, 0.717) is 36.2 Å². The van der Waals surface area contributed by atoms with Gasteiger partial charge in [-0.05, 0) is 78.8 Å². The third kappa shape index (κ3) is 5.64. The minimum Gasteiger partial charge on any atom is -0.384 e. The number of aryl methyl sites for hydroxylation is 2. The Balaban J connectivity index is 1.57. The van der Waals surface area contributed by atoms with Crippen LogP contribution in [0.1, 0.15) is 58.6 Å². The molecule has 2 aliphatic rings. The van der Waals surface area contributed by atoms with Gasteiger partial charge in [0, 0.05) is 34.9 Å². The minimum absolute atomic E-state index is 0.0617. The Kier molecular flexibility index (Phi) is 8.01. The van der Waals surface area contributed by atoms with Crippen LogP contribution in [0.25, 0.3) is 0 Å². The fourth-order valence-corrected chi connectivity index (χ4v) is 6.79. The van der Waals surface area contributed by atoms with Gasteiger partial charge in [0.15, 0.2) is 5.78 Å². The number of hydrogen-bond donors (Lipinski definition) is 1. The van der Waals surface area contributed by atoms with Gasteiger partial charge in [0.2, 0.25) is 0 Å². The Labute approximate surface area is 242 Å². The molecule has 0 saturated heterocycles. The molecule has 3 aromatic rings. The molecule has 41 heavy (non-hydrogen) atoms. The summed E-state index contributed by atoms with van der Waals surface area (Å²) in [6.45, 7) is 4.04. The predicted molar refractivity (Wildman–Crippen MR) is 157 cm³/mol. The fourth-order valence-electron chi connectivity index (χ4n) is 5.73. The topological polar surface area (TPSA) is 70.1 Å². The van der Waals surface area contributed by atoms with Crippen molar-refractivity contribution >= 4 is 23.2 Å². The number of nitrogens with zero attached hydrogens (tertiary/aromatic N) is 2. The Morgan fingerprint density at radius 1 is 1.00 bits per heavy atom. The lowest BCUT2D eigenvalue weighted by atomic mass is 9.74. The van der Waals surface area contributed by atoms with Crippen LogP contribution in [0.5, 0.6) is 0 Å². The number of allylic oxidation sites excluding steroid dienone is 3. The Morgan fingerprint density at radius 3 is 2.37 bits per heavy atom. The summed E-state index contributed by atoms with van der Waals surface area (Å²) in [5.74, 6) is 1.07. The molecule has 1 aliphatic carbocycles. The highest BCUT2D eigenvalue weighted by atomic mass is 32.2. The number of anilines is 1. The van der Waals surface area contributed by atoms with Crippen molar-refractivity contribution in [2.75, 3.05) is 4.90 Å². The second-order valence-electron chi connectivity index (χ2n) is 10.5. The lowest BCUT2D eigenvalue weighted by molar-refractivity contribution is -0.137. The number of ketones is 1. The van der Waals surface area contributed by atoms with E-state index in [0.717, 1.165) is 45.9 Å². The molecule has 0 radical (unpaired) electrons. The van der Waals surface area contributed by atoms with Gasteiger partial charge in [-0.1, -0.05) is 42.5 Å². The van der Waals surface area contributed by atoms with E-state index in [1.165, 1.54) is 17.7 Å². The second-order valence-corrected chi connectivity index (χ2v) is 11.5. The largest absolute Gasteiger partial charge is 0.416 e. The SMILES string of the molecule is Cc1cc(C)c(C2C(C#N)=C(N)N(c3ccc(C(F)(F)F)cc3)C3=C2C(=O)CCC3)cc1CSCc1ccccc1. The van der Waals surface area contributed by atoms with Crippen molar-refractivity contribution in [2.24, 2.45) is 5.73 Å². The summed E-state index contributed by atoms with van der Waals surface area (Å²) in [7, 11) is 0. The quantitative estimate of drug-likeness (QED) is 0.323. The molecule has 5 rings (SSSR count). The van der Waals surface area contributed by atoms with Crippen LogP contribution in [0.3, 0.4) is 0 Å². The summed E-state index contributed by atoms with van der Waals surface area (Å²) in [5, 5.41) is 10.4. The molecule has 0 fully saturated rings. The molecule has 0 spiro atoms. The highest BCUT2D eigenvalue weighted by Gasteiger charge is 2.41. The summed E-state index contributed by atoms with van der Waals surface area (Å²) >= 11 is 1.80. The maximum Gasteiger partial charge on any atom is 0.416 e. The minimum atomic E-state index is -4.48. The highest BCUT2D eigenvalue weighted by molar-refractivity contribution is 7.97. The van der Waals surface area contributed by atoms with Crippen LogP contribution >= 0.6 is 11.8 Å². The maximum atomic E-state index is 13.5. The molecular formula is C33H30F3N3OS. The number of nitriles is 1. The number of hydrogen-bond acceptors (Lipinski definition) is 5. The van der Waals surface area contributed by atoms with E-state index in [1.54, 1.807) is 16.7 Å². The van der Waals surface area contributed by atoms with Gasteiger partial charge in [-0.15, -0.1) is 0 Å². The lowest BCUT2D eigenvalue weighted by Crippen LogP contribution is -2.39. The number of Topliss-reactive ketones (excluding diaryl/α,β-unsaturated/α-hetero) is 1. The number of carbonyl (C=O) groups excluding carboxylic acids is 1. The molecule has 1 unspecified atom stereocenters. The first kappa shape index (κ1) is 28.6. The third-order valence-electron chi connectivity index (χ3n) is 7.77. The van der Waals surface area contributed by atoms with Gasteiger partial charge in [0.25, 0.3) is 0 Å². The van der Waals surface area contributed by atoms with E-state index in [2.05, 4.69) is 37.3 Å². The molecule has 0 bridgehead atoms. The molecule has 1 heterocycles. The first-order valence-corrected chi connectivity index (χ1v) is 14.6. The zero-order chi connectivity index (χ0) is 29.3. The van der Waals surface area contributed by atoms with Crippen LogP contribution < -0.4 is 10.6 Å². The normalized spacial score (nSPS) is 17.5. The number of halogens is 3. The van der Waals surface area contributed by atoms with Crippen LogP contribution in [0.2, 0.25) is 0 Å². The molecule has 1 aliphatic heterocycles. The summed E-state index contributed by atoms with van der Waals surface area (Å²) in [6, 6.07) is 21.4. The second kappa shape index (κ2) is 11.5. The summed E-state index contributed by atoms with van der Waals surface area (Å²) < 4.78 is 39.7. The molecule has 3 aromatic carbocycles. The van der Waals surface area contributed by atoms with Crippen LogP contribution in [0.4, 0.5) is 18.9 Å². The molecular weight excluding hydrogens is 543 g/mol. The number of benzene rings is 3. The molecule has 4 nitrogen and oxygen atoms in total. The molecule has 0 amide bonds. The van der Waals surface area contributed by atoms with E-state index >= 15 is 0 Å². The number of thioether (sulfide) groups is 1. The number of rotatable bonds is 6. The standard InChI is InChI=1S/C33H30F3N3OS/c1-20-15-21(2)26(16-23(20)19-41-18-22-7-4-3-5-8-22)30-27(17-37)32(38)39(28-9-6-10-29(40)31(28)30)25-13-11-24(12-14-25)33(34,35)36/h3-5,7-8,11-16,30H,6,9-10,18-19,38H2,1-2H3. The van der Waals surface area contributed by atoms with E-state index in [1.807, 2.05) is 25.1 Å². The Morgan fingerprint density at radius 2 is 1.71 bits per heavy atom. The average molecular weight is 574 g/mol. The van der Waals surface area contributed by atoms with E-state index in [9.17, 15) is 23.2 Å². The number of nitrogens with two attached hydrogens (primary N) is 1. The maximum absolute atomic E-state index is 13.5. The molecule has 8 heteroatoms. The van der Waals surface area contributed by atoms with Crippen molar-refractivity contribution in [3.05, 3.63) is 123 Å². The smallest absolute Gasteiger partial charge is 0.384 e. The van der Waals surface area contributed by atoms with Crippen molar-refractivity contribution < 1.29 is 18.0 Å². The van der Waals surface area contributed by atoms with Gasteiger partial charge in [0.05, 0.1) is 23.1 Å². The lowest BCUT2D eigenvalue weighted by Gasteiger charge is -2.40. The zero-order valence-corrected chi connectivity index (χ0v) is 23.7. The van der Waals surface area contributed by atoms with Gasteiger partial charge in [-0.25, -0.2) is 0 Å². The summed E-state index contributed by atoms with van der Waals surface area (Å²) in [4.78, 5) is 15.1. The van der Waals surface area contributed by atoms with E-state index < -0.39 is 17.7 Å². The van der Waals surface area contributed by atoms with Crippen molar-refractivity contribution in [3.63, 3.8) is 0 Å². The Hall–Kier alpha value is -3.96. The third-order valence-corrected chi connectivity index (χ3v) is 8.82. The van der Waals surface area contributed by atoms with Crippen molar-refractivity contribution in [1.29, 1.82) is 5.26 Å². The summed E-state index contributed by atoms with van der Waals surface area (Å²) in [5.41, 5.74) is 13.0. The van der Waals surface area contributed by atoms with Gasteiger partial charge < -0.3 is 5.73 Å². The van der Waals surface area contributed by atoms with Crippen LogP contribution in [-0.4, -0.2) is 5.78 Å².